The molecular weight excluding hydrogens is 553 g/mol. The molecule has 1 fully saturated rings. The molecule has 1 saturated carbocycles. The molecule has 2 aliphatic heterocycles. The first-order valence-electron chi connectivity index (χ1n) is 14.3. The predicted molar refractivity (Wildman–Crippen MR) is 163 cm³/mol. The Balaban J connectivity index is 1.53. The fourth-order valence-electron chi connectivity index (χ4n) is 5.39. The van der Waals surface area contributed by atoms with E-state index in [0.29, 0.717) is 22.5 Å². The third-order valence-electron chi connectivity index (χ3n) is 8.11. The van der Waals surface area contributed by atoms with Gasteiger partial charge in [-0.3, -0.25) is 10.1 Å². The molecule has 0 aromatic heterocycles. The lowest BCUT2D eigenvalue weighted by atomic mass is 9.93. The number of fused-ring (bicyclic) bond motifs is 1. The second kappa shape index (κ2) is 11.5. The SMILES string of the molecule is C=C1C=C2C(NCCC(F)(F)F)=CC(c3ccc(C(O)NC4(C)CC4)c(C)c3)=CN2C(c2ccc(C(=O)NC)c(C)c2)=C1. The number of carbonyl (C=O) groups excluding carboxylic acids is 1. The normalized spacial score (nSPS) is 18.1. The van der Waals surface area contributed by atoms with E-state index in [0.717, 1.165) is 51.9 Å². The van der Waals surface area contributed by atoms with E-state index >= 15 is 0 Å². The van der Waals surface area contributed by atoms with Crippen molar-refractivity contribution in [3.8, 4) is 0 Å². The summed E-state index contributed by atoms with van der Waals surface area (Å²) in [5.74, 6) is -0.184. The van der Waals surface area contributed by atoms with E-state index in [2.05, 4.69) is 29.5 Å². The van der Waals surface area contributed by atoms with E-state index < -0.39 is 18.8 Å². The summed E-state index contributed by atoms with van der Waals surface area (Å²) >= 11 is 0. The summed E-state index contributed by atoms with van der Waals surface area (Å²) in [5.41, 5.74) is 8.14. The number of nitrogens with zero attached hydrogens (tertiary/aromatic N) is 1. The van der Waals surface area contributed by atoms with Crippen molar-refractivity contribution in [1.29, 1.82) is 0 Å². The van der Waals surface area contributed by atoms with E-state index in [4.69, 9.17) is 0 Å². The van der Waals surface area contributed by atoms with Crippen molar-refractivity contribution in [2.45, 2.75) is 58.0 Å². The molecule has 1 unspecified atom stereocenters. The van der Waals surface area contributed by atoms with Gasteiger partial charge in [0.25, 0.3) is 5.91 Å². The first-order valence-corrected chi connectivity index (χ1v) is 14.3. The number of alkyl halides is 3. The van der Waals surface area contributed by atoms with Crippen LogP contribution in [0.3, 0.4) is 0 Å². The Morgan fingerprint density at radius 2 is 1.72 bits per heavy atom. The van der Waals surface area contributed by atoms with Crippen LogP contribution in [0.25, 0.3) is 11.3 Å². The van der Waals surface area contributed by atoms with E-state index in [1.54, 1.807) is 13.1 Å². The van der Waals surface area contributed by atoms with Crippen LogP contribution >= 0.6 is 0 Å². The number of nitrogens with one attached hydrogen (secondary N) is 3. The van der Waals surface area contributed by atoms with E-state index in [-0.39, 0.29) is 18.0 Å². The molecule has 4 N–H and O–H groups in total. The Bertz CT molecular complexity index is 1590. The molecule has 1 aliphatic carbocycles. The van der Waals surface area contributed by atoms with Crippen LogP contribution < -0.4 is 16.0 Å². The average Bonchev–Trinajstić information content (AvgIpc) is 3.67. The minimum absolute atomic E-state index is 0.0449. The molecular formula is C34H37F3N4O2. The molecule has 3 aliphatic rings. The highest BCUT2D eigenvalue weighted by Crippen LogP contribution is 2.40. The molecule has 2 aromatic carbocycles. The van der Waals surface area contributed by atoms with Crippen LogP contribution in [0.15, 0.2) is 84.4 Å². The Hall–Kier alpha value is -4.08. The van der Waals surface area contributed by atoms with Gasteiger partial charge in [0.05, 0.1) is 23.5 Å². The van der Waals surface area contributed by atoms with E-state index in [1.807, 2.05) is 73.5 Å². The molecule has 5 rings (SSSR count). The first-order chi connectivity index (χ1) is 20.3. The quantitative estimate of drug-likeness (QED) is 0.255. The first kappa shape index (κ1) is 30.4. The van der Waals surface area contributed by atoms with Gasteiger partial charge in [-0.15, -0.1) is 0 Å². The molecule has 0 saturated heterocycles. The van der Waals surface area contributed by atoms with Gasteiger partial charge in [0.2, 0.25) is 0 Å². The molecule has 1 atom stereocenters. The Kier molecular flexibility index (Phi) is 8.15. The number of hydrogen-bond acceptors (Lipinski definition) is 5. The smallest absolute Gasteiger partial charge is 0.383 e. The van der Waals surface area contributed by atoms with Crippen molar-refractivity contribution < 1.29 is 23.1 Å². The lowest BCUT2D eigenvalue weighted by Gasteiger charge is -2.35. The standard InChI is InChI=1S/C34H37F3N4O2/c1-20-14-29(24-7-9-26(22(3)17-24)31(42)38-5)41-19-25(18-28(30(41)15-20)39-13-12-34(35,36)37)23-6-8-27(21(2)16-23)32(43)40-33(4)10-11-33/h6-9,14-19,32,39-40,43H,1,10-13H2,2-5H3,(H,38,42). The Morgan fingerprint density at radius 3 is 2.35 bits per heavy atom. The van der Waals surface area contributed by atoms with Gasteiger partial charge in [0, 0.05) is 36.5 Å². The predicted octanol–water partition coefficient (Wildman–Crippen LogP) is 6.37. The number of aryl methyl sites for hydroxylation is 2. The van der Waals surface area contributed by atoms with Crippen LogP contribution in [0.4, 0.5) is 13.2 Å². The summed E-state index contributed by atoms with van der Waals surface area (Å²) in [7, 11) is 1.58. The number of carbonyl (C=O) groups is 1. The number of allylic oxidation sites excluding steroid dienone is 5. The maximum absolute atomic E-state index is 13.1. The average molecular weight is 591 g/mol. The monoisotopic (exact) mass is 590 g/mol. The molecule has 43 heavy (non-hydrogen) atoms. The van der Waals surface area contributed by atoms with Crippen LogP contribution in [0.2, 0.25) is 0 Å². The third kappa shape index (κ3) is 6.78. The molecule has 9 heteroatoms. The molecule has 226 valence electrons. The van der Waals surface area contributed by atoms with Crippen molar-refractivity contribution in [3.05, 3.63) is 118 Å². The van der Waals surface area contributed by atoms with Crippen molar-refractivity contribution in [2.24, 2.45) is 0 Å². The molecule has 0 bridgehead atoms. The van der Waals surface area contributed by atoms with Crippen LogP contribution in [-0.4, -0.2) is 41.2 Å². The molecule has 6 nitrogen and oxygen atoms in total. The Labute approximate surface area is 250 Å². The van der Waals surface area contributed by atoms with Gasteiger partial charge < -0.3 is 20.6 Å². The van der Waals surface area contributed by atoms with Gasteiger partial charge in [0.15, 0.2) is 0 Å². The summed E-state index contributed by atoms with van der Waals surface area (Å²) in [6.07, 6.45) is 3.53. The largest absolute Gasteiger partial charge is 0.390 e. The fraction of sp³-hybridized carbons (Fsp3) is 0.324. The van der Waals surface area contributed by atoms with Crippen LogP contribution in [0.1, 0.15) is 70.6 Å². The van der Waals surface area contributed by atoms with Gasteiger partial charge in [0.1, 0.15) is 6.23 Å². The number of benzene rings is 2. The van der Waals surface area contributed by atoms with Crippen molar-refractivity contribution in [1.82, 2.24) is 20.9 Å². The maximum Gasteiger partial charge on any atom is 0.390 e. The summed E-state index contributed by atoms with van der Waals surface area (Å²) in [4.78, 5) is 14.2. The van der Waals surface area contributed by atoms with Gasteiger partial charge >= 0.3 is 6.18 Å². The molecule has 0 spiro atoms. The number of rotatable bonds is 9. The molecule has 0 radical (unpaired) electrons. The van der Waals surface area contributed by atoms with Gasteiger partial charge in [-0.25, -0.2) is 0 Å². The summed E-state index contributed by atoms with van der Waals surface area (Å²) in [6, 6.07) is 11.3. The summed E-state index contributed by atoms with van der Waals surface area (Å²) < 4.78 is 39.2. The van der Waals surface area contributed by atoms with Crippen molar-refractivity contribution in [3.63, 3.8) is 0 Å². The topological polar surface area (TPSA) is 76.6 Å². The van der Waals surface area contributed by atoms with Crippen LogP contribution in [-0.2, 0) is 0 Å². The highest BCUT2D eigenvalue weighted by molar-refractivity contribution is 5.96. The van der Waals surface area contributed by atoms with E-state index in [9.17, 15) is 23.1 Å². The number of aliphatic hydroxyl groups excluding tert-OH is 1. The second-order valence-corrected chi connectivity index (χ2v) is 11.7. The fourth-order valence-corrected chi connectivity index (χ4v) is 5.39. The minimum atomic E-state index is -4.29. The third-order valence-corrected chi connectivity index (χ3v) is 8.11. The lowest BCUT2D eigenvalue weighted by molar-refractivity contribution is -0.133. The van der Waals surface area contributed by atoms with Crippen molar-refractivity contribution >= 4 is 17.2 Å². The molecule has 1 amide bonds. The van der Waals surface area contributed by atoms with Crippen molar-refractivity contribution in [2.75, 3.05) is 13.6 Å². The number of aliphatic hydroxyl groups is 1. The van der Waals surface area contributed by atoms with E-state index in [1.165, 1.54) is 0 Å². The van der Waals surface area contributed by atoms with Gasteiger partial charge in [-0.1, -0.05) is 30.8 Å². The zero-order valence-corrected chi connectivity index (χ0v) is 24.8. The Morgan fingerprint density at radius 1 is 1.05 bits per heavy atom. The highest BCUT2D eigenvalue weighted by Gasteiger charge is 2.39. The summed E-state index contributed by atoms with van der Waals surface area (Å²) in [6.45, 7) is 9.73. The zero-order valence-electron chi connectivity index (χ0n) is 24.8. The zero-order chi connectivity index (χ0) is 31.1. The second-order valence-electron chi connectivity index (χ2n) is 11.7. The highest BCUT2D eigenvalue weighted by atomic mass is 19.4. The maximum atomic E-state index is 13.1. The van der Waals surface area contributed by atoms with Gasteiger partial charge in [-0.2, -0.15) is 13.2 Å². The minimum Gasteiger partial charge on any atom is -0.383 e. The number of halogens is 3. The lowest BCUT2D eigenvalue weighted by Crippen LogP contribution is -2.32. The van der Waals surface area contributed by atoms with Gasteiger partial charge in [-0.05, 0) is 97.4 Å². The van der Waals surface area contributed by atoms with Crippen LogP contribution in [0.5, 0.6) is 0 Å². The molecule has 2 aromatic rings. The number of amides is 1. The summed E-state index contributed by atoms with van der Waals surface area (Å²) in [5, 5.41) is 19.8. The van der Waals surface area contributed by atoms with Crippen LogP contribution in [0, 0.1) is 13.8 Å². The molecule has 2 heterocycles. The number of hydrogen-bond donors (Lipinski definition) is 4.